The Labute approximate surface area is 187 Å². The maximum atomic E-state index is 12.1. The van der Waals surface area contributed by atoms with Gasteiger partial charge in [-0.1, -0.05) is 0 Å². The van der Waals surface area contributed by atoms with Crippen molar-refractivity contribution >= 4 is 29.3 Å². The van der Waals surface area contributed by atoms with E-state index in [4.69, 9.17) is 9.47 Å². The van der Waals surface area contributed by atoms with Crippen molar-refractivity contribution in [1.29, 1.82) is 0 Å². The molecular formula is C24H29N3O5. The van der Waals surface area contributed by atoms with Crippen LogP contribution in [0.15, 0.2) is 42.5 Å². The second-order valence-corrected chi connectivity index (χ2v) is 7.95. The molecule has 0 spiro atoms. The third-order valence-corrected chi connectivity index (χ3v) is 4.94. The van der Waals surface area contributed by atoms with Gasteiger partial charge in [0, 0.05) is 37.3 Å². The van der Waals surface area contributed by atoms with E-state index in [1.807, 2.05) is 32.0 Å². The molecule has 0 unspecified atom stereocenters. The maximum Gasteiger partial charge on any atom is 0.321 e. The van der Waals surface area contributed by atoms with Crippen LogP contribution in [0.4, 0.5) is 16.2 Å². The van der Waals surface area contributed by atoms with Crippen molar-refractivity contribution in [2.24, 2.45) is 0 Å². The molecule has 2 aromatic rings. The van der Waals surface area contributed by atoms with Crippen molar-refractivity contribution in [2.45, 2.75) is 45.6 Å². The van der Waals surface area contributed by atoms with E-state index < -0.39 is 0 Å². The first kappa shape index (κ1) is 23.1. The molecule has 0 bridgehead atoms. The van der Waals surface area contributed by atoms with Gasteiger partial charge in [0.15, 0.2) is 0 Å². The Hall–Kier alpha value is -3.55. The third kappa shape index (κ3) is 6.47. The molecule has 0 radical (unpaired) electrons. The Bertz CT molecular complexity index is 972. The third-order valence-electron chi connectivity index (χ3n) is 4.94. The molecule has 2 N–H and O–H groups in total. The van der Waals surface area contributed by atoms with E-state index in [2.05, 4.69) is 10.6 Å². The van der Waals surface area contributed by atoms with Gasteiger partial charge in [0.05, 0.1) is 6.61 Å². The summed E-state index contributed by atoms with van der Waals surface area (Å²) < 4.78 is 11.1. The molecule has 0 fully saturated rings. The highest BCUT2D eigenvalue weighted by molar-refractivity contribution is 5.94. The molecule has 3 rings (SSSR count). The van der Waals surface area contributed by atoms with Crippen LogP contribution in [0.2, 0.25) is 0 Å². The van der Waals surface area contributed by atoms with Gasteiger partial charge < -0.3 is 20.1 Å². The molecule has 32 heavy (non-hydrogen) atoms. The van der Waals surface area contributed by atoms with Gasteiger partial charge in [-0.3, -0.25) is 14.5 Å². The number of carbonyl (C=O) groups excluding carboxylic acids is 3. The molecule has 0 saturated carbocycles. The number of fused-ring (bicyclic) bond motifs is 1. The van der Waals surface area contributed by atoms with E-state index in [1.165, 1.54) is 4.90 Å². The first-order valence-corrected chi connectivity index (χ1v) is 10.7. The van der Waals surface area contributed by atoms with E-state index in [0.29, 0.717) is 37.3 Å². The Morgan fingerprint density at radius 3 is 2.53 bits per heavy atom. The van der Waals surface area contributed by atoms with Gasteiger partial charge in [-0.2, -0.15) is 0 Å². The van der Waals surface area contributed by atoms with Crippen molar-refractivity contribution < 1.29 is 23.9 Å². The van der Waals surface area contributed by atoms with E-state index in [9.17, 15) is 14.4 Å². The summed E-state index contributed by atoms with van der Waals surface area (Å²) in [6.45, 7) is 4.18. The molecule has 0 aliphatic carbocycles. The zero-order valence-corrected chi connectivity index (χ0v) is 18.6. The van der Waals surface area contributed by atoms with Crippen molar-refractivity contribution in [1.82, 2.24) is 5.32 Å². The molecule has 1 heterocycles. The largest absolute Gasteiger partial charge is 0.494 e. The quantitative estimate of drug-likeness (QED) is 0.370. The normalized spacial score (nSPS) is 12.6. The topological polar surface area (TPSA) is 97.0 Å². The fraction of sp³-hybridized carbons (Fsp3) is 0.375. The number of hydrogen-bond acceptors (Lipinski definition) is 5. The van der Waals surface area contributed by atoms with Crippen LogP contribution in [0.25, 0.3) is 0 Å². The van der Waals surface area contributed by atoms with Gasteiger partial charge >= 0.3 is 12.0 Å². The second-order valence-electron chi connectivity index (χ2n) is 7.95. The Morgan fingerprint density at radius 1 is 1.09 bits per heavy atom. The number of amides is 3. The lowest BCUT2D eigenvalue weighted by Gasteiger charge is -2.20. The minimum Gasteiger partial charge on any atom is -0.494 e. The lowest BCUT2D eigenvalue weighted by atomic mass is 10.0. The number of carbonyl (C=O) groups is 3. The van der Waals surface area contributed by atoms with Crippen LogP contribution >= 0.6 is 0 Å². The summed E-state index contributed by atoms with van der Waals surface area (Å²) in [7, 11) is 1.68. The minimum atomic E-state index is -0.347. The fourth-order valence-electron chi connectivity index (χ4n) is 3.24. The zero-order valence-electron chi connectivity index (χ0n) is 18.6. The highest BCUT2D eigenvalue weighted by atomic mass is 16.5. The summed E-state index contributed by atoms with van der Waals surface area (Å²) >= 11 is 0. The molecule has 0 saturated heterocycles. The maximum absolute atomic E-state index is 12.1. The SMILES string of the molecule is CC(C)NC(=O)N(C)c1ccc(OC(=O)CCCOc2ccc3c(c2)CCC(=O)N3)cc1. The number of rotatable bonds is 8. The molecule has 8 heteroatoms. The molecule has 2 aromatic carbocycles. The summed E-state index contributed by atoms with van der Waals surface area (Å²) in [6.07, 6.45) is 1.91. The van der Waals surface area contributed by atoms with Crippen molar-refractivity contribution in [3.63, 3.8) is 0 Å². The van der Waals surface area contributed by atoms with Crippen LogP contribution in [0.3, 0.4) is 0 Å². The Balaban J connectivity index is 1.40. The number of hydrogen-bond donors (Lipinski definition) is 2. The van der Waals surface area contributed by atoms with Gasteiger partial charge in [0.25, 0.3) is 0 Å². The van der Waals surface area contributed by atoms with E-state index in [-0.39, 0.29) is 30.4 Å². The van der Waals surface area contributed by atoms with Gasteiger partial charge in [0.1, 0.15) is 11.5 Å². The van der Waals surface area contributed by atoms with Gasteiger partial charge in [-0.25, -0.2) is 4.79 Å². The molecule has 8 nitrogen and oxygen atoms in total. The number of ether oxygens (including phenoxy) is 2. The van der Waals surface area contributed by atoms with Gasteiger partial charge in [-0.15, -0.1) is 0 Å². The summed E-state index contributed by atoms with van der Waals surface area (Å²) in [5.41, 5.74) is 2.58. The van der Waals surface area contributed by atoms with Crippen molar-refractivity contribution in [3.05, 3.63) is 48.0 Å². The van der Waals surface area contributed by atoms with Crippen LogP contribution in [0, 0.1) is 0 Å². The lowest BCUT2D eigenvalue weighted by molar-refractivity contribution is -0.134. The number of benzene rings is 2. The average Bonchev–Trinajstić information content (AvgIpc) is 2.76. The van der Waals surface area contributed by atoms with Crippen LogP contribution in [-0.2, 0) is 16.0 Å². The predicted molar refractivity (Wildman–Crippen MR) is 122 cm³/mol. The highest BCUT2D eigenvalue weighted by Crippen LogP contribution is 2.27. The van der Waals surface area contributed by atoms with E-state index >= 15 is 0 Å². The smallest absolute Gasteiger partial charge is 0.321 e. The number of anilines is 2. The molecule has 1 aliphatic rings. The Morgan fingerprint density at radius 2 is 1.81 bits per heavy atom. The number of nitrogens with zero attached hydrogens (tertiary/aromatic N) is 1. The van der Waals surface area contributed by atoms with Gasteiger partial charge in [-0.05, 0) is 74.7 Å². The second kappa shape index (κ2) is 10.7. The molecule has 1 aliphatic heterocycles. The van der Waals surface area contributed by atoms with Crippen molar-refractivity contribution in [2.75, 3.05) is 23.9 Å². The highest BCUT2D eigenvalue weighted by Gasteiger charge is 2.15. The standard InChI is InChI=1S/C24H29N3O5/c1-16(2)25-24(30)27(3)18-7-9-19(10-8-18)32-23(29)5-4-14-31-20-11-12-21-17(15-20)6-13-22(28)26-21/h7-12,15-16H,4-6,13-14H2,1-3H3,(H,25,30)(H,26,28). The summed E-state index contributed by atoms with van der Waals surface area (Å²) in [5.74, 6) is 0.826. The summed E-state index contributed by atoms with van der Waals surface area (Å²) in [6, 6.07) is 12.2. The average molecular weight is 440 g/mol. The number of esters is 1. The number of nitrogens with one attached hydrogen (secondary N) is 2. The minimum absolute atomic E-state index is 0.0305. The first-order chi connectivity index (χ1) is 15.3. The van der Waals surface area contributed by atoms with Gasteiger partial charge in [0.2, 0.25) is 5.91 Å². The molecule has 0 aromatic heterocycles. The molecule has 0 atom stereocenters. The van der Waals surface area contributed by atoms with Crippen molar-refractivity contribution in [3.8, 4) is 11.5 Å². The lowest BCUT2D eigenvalue weighted by Crippen LogP contribution is -2.40. The molecule has 170 valence electrons. The van der Waals surface area contributed by atoms with E-state index in [0.717, 1.165) is 17.0 Å². The zero-order chi connectivity index (χ0) is 23.1. The van der Waals surface area contributed by atoms with Crippen LogP contribution in [-0.4, -0.2) is 37.6 Å². The fourth-order valence-corrected chi connectivity index (χ4v) is 3.24. The van der Waals surface area contributed by atoms with E-state index in [1.54, 1.807) is 31.3 Å². The Kier molecular flexibility index (Phi) is 7.70. The molecular weight excluding hydrogens is 410 g/mol. The van der Waals surface area contributed by atoms with Crippen LogP contribution in [0.5, 0.6) is 11.5 Å². The number of urea groups is 1. The summed E-state index contributed by atoms with van der Waals surface area (Å²) in [5, 5.41) is 5.65. The first-order valence-electron chi connectivity index (χ1n) is 10.7. The molecule has 3 amide bonds. The van der Waals surface area contributed by atoms with Crippen LogP contribution in [0.1, 0.15) is 38.7 Å². The predicted octanol–water partition coefficient (Wildman–Crippen LogP) is 3.89. The summed E-state index contributed by atoms with van der Waals surface area (Å²) in [4.78, 5) is 37.1. The number of aryl methyl sites for hydroxylation is 1. The van der Waals surface area contributed by atoms with Crippen LogP contribution < -0.4 is 25.0 Å². The monoisotopic (exact) mass is 439 g/mol.